The third-order valence-electron chi connectivity index (χ3n) is 6.51. The summed E-state index contributed by atoms with van der Waals surface area (Å²) in [6.45, 7) is 0.219. The van der Waals surface area contributed by atoms with Gasteiger partial charge in [0.1, 0.15) is 11.6 Å². The average molecular weight is 611 g/mol. The van der Waals surface area contributed by atoms with Crippen LogP contribution in [0.15, 0.2) is 97.2 Å². The molecule has 5 rings (SSSR count). The largest absolute Gasteiger partial charge is 0.482 e. The number of esters is 1. The van der Waals surface area contributed by atoms with Gasteiger partial charge in [0.25, 0.3) is 0 Å². The molecule has 0 radical (unpaired) electrons. The Bertz CT molecular complexity index is 1720. The summed E-state index contributed by atoms with van der Waals surface area (Å²) in [6, 6.07) is 24.9. The van der Waals surface area contributed by atoms with Crippen LogP contribution in [0.3, 0.4) is 0 Å². The van der Waals surface area contributed by atoms with E-state index >= 15 is 0 Å². The number of aromatic nitrogens is 2. The first kappa shape index (κ1) is 29.2. The Kier molecular flexibility index (Phi) is 8.56. The number of hydrogen-bond acceptors (Lipinski definition) is 4. The first-order chi connectivity index (χ1) is 20.1. The van der Waals surface area contributed by atoms with Gasteiger partial charge in [-0.25, -0.2) is 9.78 Å². The molecule has 0 amide bonds. The molecular formula is C32H23Cl2F3N2O3. The van der Waals surface area contributed by atoms with Crippen LogP contribution in [-0.2, 0) is 22.3 Å². The number of carbonyl (C=O) groups is 1. The highest BCUT2D eigenvalue weighted by Gasteiger charge is 2.30. The van der Waals surface area contributed by atoms with Gasteiger partial charge in [-0.15, -0.1) is 0 Å². The minimum Gasteiger partial charge on any atom is -0.482 e. The number of imidazole rings is 1. The normalized spacial score (nSPS) is 11.4. The van der Waals surface area contributed by atoms with Crippen molar-refractivity contribution in [2.24, 2.45) is 0 Å². The molecule has 214 valence electrons. The molecule has 0 unspecified atom stereocenters. The quantitative estimate of drug-likeness (QED) is 0.165. The first-order valence-corrected chi connectivity index (χ1v) is 13.5. The van der Waals surface area contributed by atoms with Crippen LogP contribution in [0.2, 0.25) is 10.0 Å². The van der Waals surface area contributed by atoms with Gasteiger partial charge in [-0.2, -0.15) is 13.2 Å². The standard InChI is InChI=1S/C32H23Cl2F3N2O3/c1-41-30(40)19-42-26-12-9-22(10-13-26)31-38-29(27-14-11-25(33)16-28(27)34)18-39(31)17-20-5-7-21(8-6-20)23-3-2-4-24(15-23)32(35,36)37/h2-16,18H,17,19H2,1H3. The van der Waals surface area contributed by atoms with Crippen molar-refractivity contribution in [2.75, 3.05) is 13.7 Å². The van der Waals surface area contributed by atoms with E-state index in [0.717, 1.165) is 23.3 Å². The zero-order valence-electron chi connectivity index (χ0n) is 22.2. The van der Waals surface area contributed by atoms with Gasteiger partial charge in [-0.05, 0) is 71.3 Å². The van der Waals surface area contributed by atoms with E-state index in [-0.39, 0.29) is 6.61 Å². The van der Waals surface area contributed by atoms with Crippen molar-refractivity contribution < 1.29 is 27.4 Å². The number of halogens is 5. The summed E-state index contributed by atoms with van der Waals surface area (Å²) in [7, 11) is 1.29. The van der Waals surface area contributed by atoms with E-state index in [1.807, 2.05) is 35.0 Å². The number of carbonyl (C=O) groups excluding carboxylic acids is 1. The molecule has 0 spiro atoms. The summed E-state index contributed by atoms with van der Waals surface area (Å²) in [5.74, 6) is 0.657. The highest BCUT2D eigenvalue weighted by molar-refractivity contribution is 6.36. The Morgan fingerprint density at radius 2 is 1.60 bits per heavy atom. The lowest BCUT2D eigenvalue weighted by Gasteiger charge is -2.11. The van der Waals surface area contributed by atoms with Crippen molar-refractivity contribution in [1.82, 2.24) is 9.55 Å². The molecule has 0 bridgehead atoms. The Hall–Kier alpha value is -4.27. The highest BCUT2D eigenvalue weighted by atomic mass is 35.5. The molecule has 1 aromatic heterocycles. The van der Waals surface area contributed by atoms with Crippen LogP contribution in [0.1, 0.15) is 11.1 Å². The van der Waals surface area contributed by atoms with Gasteiger partial charge in [0, 0.05) is 28.9 Å². The SMILES string of the molecule is COC(=O)COc1ccc(-c2nc(-c3ccc(Cl)cc3Cl)cn2Cc2ccc(-c3cccc(C(F)(F)F)c3)cc2)cc1. The molecule has 42 heavy (non-hydrogen) atoms. The van der Waals surface area contributed by atoms with Crippen molar-refractivity contribution in [1.29, 1.82) is 0 Å². The number of ether oxygens (including phenoxy) is 2. The van der Waals surface area contributed by atoms with Crippen LogP contribution in [0.5, 0.6) is 5.75 Å². The number of rotatable bonds is 8. The average Bonchev–Trinajstić information content (AvgIpc) is 3.39. The number of nitrogens with zero attached hydrogens (tertiary/aromatic N) is 2. The fourth-order valence-corrected chi connectivity index (χ4v) is 4.87. The van der Waals surface area contributed by atoms with Gasteiger partial charge in [-0.3, -0.25) is 0 Å². The second-order valence-electron chi connectivity index (χ2n) is 9.37. The van der Waals surface area contributed by atoms with Crippen molar-refractivity contribution in [3.63, 3.8) is 0 Å². The molecule has 0 N–H and O–H groups in total. The van der Waals surface area contributed by atoms with Crippen LogP contribution in [0.4, 0.5) is 13.2 Å². The van der Waals surface area contributed by atoms with Gasteiger partial charge < -0.3 is 14.0 Å². The van der Waals surface area contributed by atoms with Crippen molar-refractivity contribution in [2.45, 2.75) is 12.7 Å². The van der Waals surface area contributed by atoms with E-state index in [1.54, 1.807) is 48.5 Å². The van der Waals surface area contributed by atoms with Crippen LogP contribution in [-0.4, -0.2) is 29.2 Å². The maximum Gasteiger partial charge on any atom is 0.416 e. The zero-order chi connectivity index (χ0) is 29.9. The topological polar surface area (TPSA) is 53.4 Å². The van der Waals surface area contributed by atoms with Crippen LogP contribution in [0.25, 0.3) is 33.8 Å². The third kappa shape index (κ3) is 6.78. The Morgan fingerprint density at radius 3 is 2.26 bits per heavy atom. The molecule has 10 heteroatoms. The molecule has 1 heterocycles. The van der Waals surface area contributed by atoms with Crippen molar-refractivity contribution in [3.05, 3.63) is 118 Å². The minimum atomic E-state index is -4.41. The van der Waals surface area contributed by atoms with Crippen molar-refractivity contribution >= 4 is 29.2 Å². The number of hydrogen-bond donors (Lipinski definition) is 0. The first-order valence-electron chi connectivity index (χ1n) is 12.7. The summed E-state index contributed by atoms with van der Waals surface area (Å²) < 4.78 is 51.6. The van der Waals surface area contributed by atoms with E-state index in [4.69, 9.17) is 32.9 Å². The van der Waals surface area contributed by atoms with Crippen LogP contribution < -0.4 is 4.74 Å². The number of alkyl halides is 3. The van der Waals surface area contributed by atoms with Gasteiger partial charge in [0.05, 0.1) is 23.4 Å². The number of methoxy groups -OCH3 is 1. The molecule has 0 aliphatic carbocycles. The molecule has 0 aliphatic rings. The van der Waals surface area contributed by atoms with Crippen LogP contribution in [0, 0.1) is 0 Å². The molecule has 0 aliphatic heterocycles. The summed E-state index contributed by atoms with van der Waals surface area (Å²) in [5, 5.41) is 0.961. The Balaban J connectivity index is 1.46. The Morgan fingerprint density at radius 1 is 0.881 bits per heavy atom. The smallest absolute Gasteiger partial charge is 0.416 e. The zero-order valence-corrected chi connectivity index (χ0v) is 23.7. The molecule has 0 fully saturated rings. The van der Waals surface area contributed by atoms with E-state index in [1.165, 1.54) is 13.2 Å². The minimum absolute atomic E-state index is 0.208. The van der Waals surface area contributed by atoms with Gasteiger partial charge in [0.2, 0.25) is 0 Å². The molecule has 5 aromatic rings. The summed E-state index contributed by atoms with van der Waals surface area (Å²) in [5.41, 5.74) is 3.51. The maximum absolute atomic E-state index is 13.2. The predicted molar refractivity (Wildman–Crippen MR) is 157 cm³/mol. The van der Waals surface area contributed by atoms with Crippen molar-refractivity contribution in [3.8, 4) is 39.5 Å². The molecule has 0 saturated heterocycles. The predicted octanol–water partition coefficient (Wildman–Crippen LogP) is 8.81. The lowest BCUT2D eigenvalue weighted by Crippen LogP contribution is -2.12. The van der Waals surface area contributed by atoms with E-state index in [2.05, 4.69) is 4.74 Å². The lowest BCUT2D eigenvalue weighted by atomic mass is 10.0. The summed E-state index contributed by atoms with van der Waals surface area (Å²) in [6.07, 6.45) is -2.53. The maximum atomic E-state index is 13.2. The second kappa shape index (κ2) is 12.3. The molecule has 0 atom stereocenters. The molecule has 4 aromatic carbocycles. The van der Waals surface area contributed by atoms with E-state index < -0.39 is 17.7 Å². The lowest BCUT2D eigenvalue weighted by molar-refractivity contribution is -0.143. The monoisotopic (exact) mass is 610 g/mol. The van der Waals surface area contributed by atoms with Gasteiger partial charge >= 0.3 is 12.1 Å². The summed E-state index contributed by atoms with van der Waals surface area (Å²) >= 11 is 12.6. The molecular weight excluding hydrogens is 588 g/mol. The van der Waals surface area contributed by atoms with Crippen LogP contribution >= 0.6 is 23.2 Å². The fraction of sp³-hybridized carbons (Fsp3) is 0.125. The van der Waals surface area contributed by atoms with Gasteiger partial charge in [0.15, 0.2) is 6.61 Å². The Labute approximate surface area is 250 Å². The third-order valence-corrected chi connectivity index (χ3v) is 7.06. The highest BCUT2D eigenvalue weighted by Crippen LogP contribution is 2.34. The van der Waals surface area contributed by atoms with Gasteiger partial charge in [-0.1, -0.05) is 59.6 Å². The van der Waals surface area contributed by atoms with E-state index in [9.17, 15) is 18.0 Å². The summed E-state index contributed by atoms with van der Waals surface area (Å²) in [4.78, 5) is 16.3. The molecule has 0 saturated carbocycles. The fourth-order valence-electron chi connectivity index (χ4n) is 4.37. The second-order valence-corrected chi connectivity index (χ2v) is 10.2. The van der Waals surface area contributed by atoms with E-state index in [0.29, 0.717) is 50.5 Å². The number of benzene rings is 4. The molecule has 5 nitrogen and oxygen atoms in total.